The molecule has 1 aromatic carbocycles. The van der Waals surface area contributed by atoms with Crippen molar-refractivity contribution in [3.63, 3.8) is 0 Å². The minimum absolute atomic E-state index is 0.561. The molecular weight excluding hydrogens is 262 g/mol. The fraction of sp³-hybridized carbons (Fsp3) is 0.600. The highest BCUT2D eigenvalue weighted by molar-refractivity contribution is 6.33. The molecule has 0 bridgehead atoms. The number of hydrogen-bond acceptors (Lipinski definition) is 3. The van der Waals surface area contributed by atoms with Crippen LogP contribution < -0.4 is 14.8 Å². The maximum atomic E-state index is 6.41. The molecule has 3 nitrogen and oxygen atoms in total. The van der Waals surface area contributed by atoms with Gasteiger partial charge in [-0.25, -0.2) is 0 Å². The first-order valence-electron chi connectivity index (χ1n) is 7.06. The smallest absolute Gasteiger partial charge is 0.180 e. The van der Waals surface area contributed by atoms with Crippen molar-refractivity contribution < 1.29 is 9.47 Å². The third-order valence-electron chi connectivity index (χ3n) is 4.01. The molecule has 2 aliphatic rings. The minimum atomic E-state index is 0.561. The summed E-state index contributed by atoms with van der Waals surface area (Å²) < 4.78 is 11.3. The second kappa shape index (κ2) is 5.59. The van der Waals surface area contributed by atoms with Gasteiger partial charge in [0.2, 0.25) is 0 Å². The summed E-state index contributed by atoms with van der Waals surface area (Å²) in [6.45, 7) is 4.38. The Morgan fingerprint density at radius 2 is 2.16 bits per heavy atom. The molecule has 104 valence electrons. The molecule has 1 saturated heterocycles. The van der Waals surface area contributed by atoms with Gasteiger partial charge in [-0.15, -0.1) is 0 Å². The zero-order valence-corrected chi connectivity index (χ0v) is 12.1. The number of halogens is 1. The van der Waals surface area contributed by atoms with Crippen LogP contribution in [0.1, 0.15) is 30.4 Å². The standard InChI is InChI=1S/C15H20ClNO2/c1-10-11(8-12-4-2-3-5-17-12)9-13-15(14(10)16)19-7-6-18-13/h9,12,17H,2-8H2,1H3. The van der Waals surface area contributed by atoms with E-state index in [1.54, 1.807) is 0 Å². The van der Waals surface area contributed by atoms with Crippen molar-refractivity contribution in [3.8, 4) is 11.5 Å². The minimum Gasteiger partial charge on any atom is -0.486 e. The van der Waals surface area contributed by atoms with Gasteiger partial charge in [-0.2, -0.15) is 0 Å². The van der Waals surface area contributed by atoms with Gasteiger partial charge >= 0.3 is 0 Å². The number of nitrogens with one attached hydrogen (secondary N) is 1. The first kappa shape index (κ1) is 13.1. The van der Waals surface area contributed by atoms with Gasteiger partial charge in [0.1, 0.15) is 13.2 Å². The SMILES string of the molecule is Cc1c(CC2CCCCN2)cc2c(c1Cl)OCCO2. The molecule has 0 spiro atoms. The molecule has 0 amide bonds. The van der Waals surface area contributed by atoms with Gasteiger partial charge in [0.15, 0.2) is 11.5 Å². The van der Waals surface area contributed by atoms with Crippen LogP contribution in [0.5, 0.6) is 11.5 Å². The van der Waals surface area contributed by atoms with Crippen LogP contribution in [0.3, 0.4) is 0 Å². The van der Waals surface area contributed by atoms with E-state index in [-0.39, 0.29) is 0 Å². The number of piperidine rings is 1. The molecule has 1 unspecified atom stereocenters. The molecule has 3 rings (SSSR count). The van der Waals surface area contributed by atoms with Crippen LogP contribution in [0.25, 0.3) is 0 Å². The topological polar surface area (TPSA) is 30.5 Å². The lowest BCUT2D eigenvalue weighted by atomic mass is 9.95. The van der Waals surface area contributed by atoms with E-state index in [2.05, 4.69) is 18.3 Å². The molecule has 0 radical (unpaired) electrons. The fourth-order valence-corrected chi connectivity index (χ4v) is 3.13. The summed E-state index contributed by atoms with van der Waals surface area (Å²) >= 11 is 6.41. The Hall–Kier alpha value is -0.930. The maximum absolute atomic E-state index is 6.41. The second-order valence-electron chi connectivity index (χ2n) is 5.35. The summed E-state index contributed by atoms with van der Waals surface area (Å²) in [5.41, 5.74) is 2.40. The van der Waals surface area contributed by atoms with Crippen LogP contribution in [0.15, 0.2) is 6.07 Å². The summed E-state index contributed by atoms with van der Waals surface area (Å²) in [5, 5.41) is 4.29. The molecule has 2 aliphatic heterocycles. The van der Waals surface area contributed by atoms with E-state index in [0.717, 1.165) is 24.3 Å². The molecule has 1 atom stereocenters. The third-order valence-corrected chi connectivity index (χ3v) is 4.46. The largest absolute Gasteiger partial charge is 0.486 e. The average molecular weight is 282 g/mol. The summed E-state index contributed by atoms with van der Waals surface area (Å²) in [6, 6.07) is 2.66. The highest BCUT2D eigenvalue weighted by Crippen LogP contribution is 2.41. The molecule has 4 heteroatoms. The van der Waals surface area contributed by atoms with Gasteiger partial charge in [-0.3, -0.25) is 0 Å². The molecular formula is C15H20ClNO2. The summed E-state index contributed by atoms with van der Waals surface area (Å²) in [7, 11) is 0. The normalized spacial score (nSPS) is 22.3. The van der Waals surface area contributed by atoms with Crippen LogP contribution in [0, 0.1) is 6.92 Å². The summed E-state index contributed by atoms with van der Waals surface area (Å²) in [4.78, 5) is 0. The van der Waals surface area contributed by atoms with Crippen molar-refractivity contribution in [1.29, 1.82) is 0 Å². The van der Waals surface area contributed by atoms with Crippen molar-refractivity contribution >= 4 is 11.6 Å². The predicted octanol–water partition coefficient (Wildman–Crippen LogP) is 3.10. The zero-order valence-electron chi connectivity index (χ0n) is 11.3. The number of ether oxygens (including phenoxy) is 2. The molecule has 1 fully saturated rings. The fourth-order valence-electron chi connectivity index (χ4n) is 2.86. The highest BCUT2D eigenvalue weighted by Gasteiger charge is 2.22. The lowest BCUT2D eigenvalue weighted by molar-refractivity contribution is 0.171. The van der Waals surface area contributed by atoms with Crippen LogP contribution in [-0.4, -0.2) is 25.8 Å². The van der Waals surface area contributed by atoms with Crippen LogP contribution in [0.2, 0.25) is 5.02 Å². The highest BCUT2D eigenvalue weighted by atomic mass is 35.5. The number of benzene rings is 1. The van der Waals surface area contributed by atoms with E-state index >= 15 is 0 Å². The van der Waals surface area contributed by atoms with Crippen LogP contribution >= 0.6 is 11.6 Å². The first-order chi connectivity index (χ1) is 9.25. The Kier molecular flexibility index (Phi) is 3.85. The lowest BCUT2D eigenvalue weighted by Gasteiger charge is -2.26. The van der Waals surface area contributed by atoms with Crippen molar-refractivity contribution in [3.05, 3.63) is 22.2 Å². The predicted molar refractivity (Wildman–Crippen MR) is 76.5 cm³/mol. The molecule has 2 heterocycles. The summed E-state index contributed by atoms with van der Waals surface area (Å²) in [6.07, 6.45) is 4.86. The number of hydrogen-bond donors (Lipinski definition) is 1. The van der Waals surface area contributed by atoms with Crippen LogP contribution in [0.4, 0.5) is 0 Å². The van der Waals surface area contributed by atoms with Gasteiger partial charge in [0, 0.05) is 6.04 Å². The van der Waals surface area contributed by atoms with Crippen molar-refractivity contribution in [2.24, 2.45) is 0 Å². The maximum Gasteiger partial charge on any atom is 0.180 e. The first-order valence-corrected chi connectivity index (χ1v) is 7.44. The molecule has 0 aromatic heterocycles. The van der Waals surface area contributed by atoms with Gasteiger partial charge < -0.3 is 14.8 Å². The third kappa shape index (κ3) is 2.67. The Labute approximate surface area is 119 Å². The van der Waals surface area contributed by atoms with E-state index in [1.807, 2.05) is 0 Å². The molecule has 1 N–H and O–H groups in total. The second-order valence-corrected chi connectivity index (χ2v) is 5.73. The molecule has 19 heavy (non-hydrogen) atoms. The Balaban J connectivity index is 1.86. The van der Waals surface area contributed by atoms with E-state index in [4.69, 9.17) is 21.1 Å². The number of rotatable bonds is 2. The van der Waals surface area contributed by atoms with Crippen molar-refractivity contribution in [2.75, 3.05) is 19.8 Å². The molecule has 1 aromatic rings. The Bertz CT molecular complexity index is 470. The van der Waals surface area contributed by atoms with E-state index in [0.29, 0.717) is 30.0 Å². The van der Waals surface area contributed by atoms with Gasteiger partial charge in [0.05, 0.1) is 5.02 Å². The Morgan fingerprint density at radius 1 is 1.32 bits per heavy atom. The molecule has 0 aliphatic carbocycles. The average Bonchev–Trinajstić information content (AvgIpc) is 2.46. The van der Waals surface area contributed by atoms with Crippen molar-refractivity contribution in [1.82, 2.24) is 5.32 Å². The van der Waals surface area contributed by atoms with E-state index < -0.39 is 0 Å². The van der Waals surface area contributed by atoms with E-state index in [9.17, 15) is 0 Å². The zero-order chi connectivity index (χ0) is 13.2. The monoisotopic (exact) mass is 281 g/mol. The van der Waals surface area contributed by atoms with Crippen LogP contribution in [-0.2, 0) is 6.42 Å². The number of fused-ring (bicyclic) bond motifs is 1. The Morgan fingerprint density at radius 3 is 2.95 bits per heavy atom. The van der Waals surface area contributed by atoms with E-state index in [1.165, 1.54) is 24.8 Å². The van der Waals surface area contributed by atoms with Gasteiger partial charge in [-0.1, -0.05) is 18.0 Å². The van der Waals surface area contributed by atoms with Gasteiger partial charge in [-0.05, 0) is 49.9 Å². The quantitative estimate of drug-likeness (QED) is 0.904. The summed E-state index contributed by atoms with van der Waals surface area (Å²) in [5.74, 6) is 1.51. The lowest BCUT2D eigenvalue weighted by Crippen LogP contribution is -2.35. The molecule has 0 saturated carbocycles. The van der Waals surface area contributed by atoms with Crippen molar-refractivity contribution in [2.45, 2.75) is 38.6 Å². The van der Waals surface area contributed by atoms with Gasteiger partial charge in [0.25, 0.3) is 0 Å².